The highest BCUT2D eigenvalue weighted by Gasteiger charge is 2.67. The van der Waals surface area contributed by atoms with Crippen LogP contribution in [0.15, 0.2) is 41.2 Å². The van der Waals surface area contributed by atoms with Gasteiger partial charge in [0, 0.05) is 43.0 Å². The maximum atomic E-state index is 12.7. The molecule has 0 spiro atoms. The number of aromatic hydroxyl groups is 1. The molecular weight excluding hydrogens is 775 g/mol. The van der Waals surface area contributed by atoms with Gasteiger partial charge in [0.05, 0.1) is 34.6 Å². The molecule has 2 aliphatic heterocycles. The minimum atomic E-state index is -1.83. The number of thioether (sulfide) groups is 2. The Hall–Kier alpha value is -1.73. The molecule has 57 heavy (non-hydrogen) atoms. The van der Waals surface area contributed by atoms with E-state index in [1.54, 1.807) is 0 Å². The van der Waals surface area contributed by atoms with Crippen molar-refractivity contribution in [2.24, 2.45) is 28.6 Å². The van der Waals surface area contributed by atoms with Gasteiger partial charge < -0.3 is 23.1 Å². The molecule has 306 valence electrons. The first-order valence-electron chi connectivity index (χ1n) is 21.6. The van der Waals surface area contributed by atoms with Crippen molar-refractivity contribution in [2.75, 3.05) is 11.5 Å². The zero-order valence-electron chi connectivity index (χ0n) is 36.6. The van der Waals surface area contributed by atoms with Crippen molar-refractivity contribution in [3.63, 3.8) is 0 Å². The van der Waals surface area contributed by atoms with Gasteiger partial charge in [-0.05, 0) is 169 Å². The van der Waals surface area contributed by atoms with Crippen molar-refractivity contribution < 1.29 is 18.7 Å². The van der Waals surface area contributed by atoms with Crippen LogP contribution < -0.4 is 0 Å². The second-order valence-electron chi connectivity index (χ2n) is 21.0. The molecule has 5 unspecified atom stereocenters. The molecule has 1 saturated heterocycles. The molecular formula is C48H65NO4S2Si2. The van der Waals surface area contributed by atoms with Crippen molar-refractivity contribution in [3.8, 4) is 5.75 Å². The third-order valence-electron chi connectivity index (χ3n) is 15.6. The van der Waals surface area contributed by atoms with Crippen molar-refractivity contribution in [3.05, 3.63) is 69.3 Å². The second kappa shape index (κ2) is 13.4. The zero-order valence-corrected chi connectivity index (χ0v) is 40.2. The molecule has 0 amide bonds. The van der Waals surface area contributed by atoms with Gasteiger partial charge in [0.2, 0.25) is 9.76 Å². The van der Waals surface area contributed by atoms with Crippen LogP contribution in [0.2, 0.25) is 26.2 Å². The third kappa shape index (κ3) is 5.77. The summed E-state index contributed by atoms with van der Waals surface area (Å²) in [5.74, 6) is 3.80. The number of fused-ring (bicyclic) bond motifs is 11. The van der Waals surface area contributed by atoms with Gasteiger partial charge in [-0.25, -0.2) is 0 Å². The summed E-state index contributed by atoms with van der Waals surface area (Å²) in [6, 6.07) is 2.51. The minimum Gasteiger partial charge on any atom is -0.505 e. The number of rotatable bonds is 7. The van der Waals surface area contributed by atoms with Gasteiger partial charge in [0.15, 0.2) is 8.32 Å². The Morgan fingerprint density at radius 3 is 2.46 bits per heavy atom. The molecule has 1 N–H and O–H groups in total. The fourth-order valence-corrected chi connectivity index (χ4v) is 17.7. The summed E-state index contributed by atoms with van der Waals surface area (Å²) in [6.45, 7) is 32.5. The first-order chi connectivity index (χ1) is 26.7. The summed E-state index contributed by atoms with van der Waals surface area (Å²) in [5.41, 5.74) is 8.46. The van der Waals surface area contributed by atoms with Gasteiger partial charge in [-0.1, -0.05) is 39.5 Å². The molecule has 5 nitrogen and oxygen atoms in total. The van der Waals surface area contributed by atoms with Crippen LogP contribution in [0.5, 0.6) is 5.75 Å². The number of hydrogen-bond acceptors (Lipinski definition) is 6. The van der Waals surface area contributed by atoms with E-state index in [1.165, 1.54) is 62.8 Å². The molecule has 2 aromatic heterocycles. The highest BCUT2D eigenvalue weighted by Crippen LogP contribution is 2.72. The standard InChI is InChI=1S/C48H65NO4S2Si2/c1-27(2)39-41(50)37-36-29(32-26-44(3,4)53-45(5,6)38(32)42(36)51-56-10)25-30-31-24-28-17-18-33-46(7,20-14-16-35-54-22-15-23-55-35)34(52-57(11,12)13)19-21-47(33,8)48(28,9)43(31)49(39)40(30)37/h14,16,20,25-26,28,33-34,38,42,50H,1,15,17-19,21-24H2,2-13H3/t28?,33?,34?,38?,42?,46-,47-,48+/m0/s1. The summed E-state index contributed by atoms with van der Waals surface area (Å²) in [5, 5.41) is 15.0. The van der Waals surface area contributed by atoms with Gasteiger partial charge in [-0.15, -0.1) is 23.5 Å². The van der Waals surface area contributed by atoms with E-state index in [2.05, 4.69) is 123 Å². The lowest BCUT2D eigenvalue weighted by molar-refractivity contribution is -0.140. The summed E-state index contributed by atoms with van der Waals surface area (Å²) >= 11 is 4.02. The van der Waals surface area contributed by atoms with Crippen molar-refractivity contribution in [1.29, 1.82) is 0 Å². The Labute approximate surface area is 354 Å². The van der Waals surface area contributed by atoms with Crippen LogP contribution in [-0.4, -0.2) is 56.4 Å². The lowest BCUT2D eigenvalue weighted by Gasteiger charge is -2.65. The molecule has 6 aliphatic rings. The van der Waals surface area contributed by atoms with E-state index in [0.717, 1.165) is 47.0 Å². The smallest absolute Gasteiger partial charge is 0.227 e. The SMILES string of the molecule is C=C(C)c1c(O)c2c3c(cc4c5c(n1c42)[C@@]1(C)C(CCC2[C@](C)(C=CC=C4SCCCS4)C(O[Si](C)(C)C)CC[C@@]21C)C5)C1=CC(C)(C)OC(C)(C)C1C3O[Si]C. The summed E-state index contributed by atoms with van der Waals surface area (Å²) < 4.78 is 24.8. The highest BCUT2D eigenvalue weighted by atomic mass is 32.2. The first-order valence-corrected chi connectivity index (χ1v) is 28.4. The van der Waals surface area contributed by atoms with Crippen molar-refractivity contribution in [1.82, 2.24) is 4.40 Å². The van der Waals surface area contributed by atoms with Crippen molar-refractivity contribution >= 4 is 69.0 Å². The van der Waals surface area contributed by atoms with Crippen molar-refractivity contribution in [2.45, 2.75) is 149 Å². The van der Waals surface area contributed by atoms with Crippen LogP contribution in [0.3, 0.4) is 0 Å². The Bertz CT molecular complexity index is 2250. The number of hydrogen-bond donors (Lipinski definition) is 1. The van der Waals surface area contributed by atoms with E-state index in [1.807, 2.05) is 23.5 Å². The minimum absolute atomic E-state index is 0.00750. The fourth-order valence-electron chi connectivity index (χ4n) is 13.6. The average Bonchev–Trinajstić information content (AvgIpc) is 3.79. The Balaban J connectivity index is 1.26. The molecule has 3 fully saturated rings. The molecule has 1 aromatic carbocycles. The van der Waals surface area contributed by atoms with Gasteiger partial charge in [0.1, 0.15) is 5.75 Å². The lowest BCUT2D eigenvalue weighted by Crippen LogP contribution is -2.63. The topological polar surface area (TPSA) is 52.3 Å². The zero-order chi connectivity index (χ0) is 40.8. The first kappa shape index (κ1) is 40.7. The van der Waals surface area contributed by atoms with E-state index in [4.69, 9.17) is 13.6 Å². The number of allylic oxidation sites excluding steroid dienone is 3. The molecule has 2 saturated carbocycles. The molecule has 9 rings (SSSR count). The molecule has 0 bridgehead atoms. The second-order valence-corrected chi connectivity index (χ2v) is 28.7. The van der Waals surface area contributed by atoms with Gasteiger partial charge >= 0.3 is 0 Å². The average molecular weight is 840 g/mol. The normalized spacial score (nSPS) is 35.6. The lowest BCUT2D eigenvalue weighted by atomic mass is 9.40. The number of ether oxygens (including phenoxy) is 1. The molecule has 2 radical (unpaired) electrons. The van der Waals surface area contributed by atoms with Crippen LogP contribution in [0.4, 0.5) is 0 Å². The third-order valence-corrected chi connectivity index (χ3v) is 19.6. The molecule has 3 aromatic rings. The van der Waals surface area contributed by atoms with E-state index in [9.17, 15) is 5.11 Å². The molecule has 4 aliphatic carbocycles. The van der Waals surface area contributed by atoms with Crippen LogP contribution in [-0.2, 0) is 25.4 Å². The Kier molecular flexibility index (Phi) is 9.55. The molecule has 9 heteroatoms. The quantitative estimate of drug-likeness (QED) is 0.239. The van der Waals surface area contributed by atoms with E-state index >= 15 is 0 Å². The van der Waals surface area contributed by atoms with Crippen LogP contribution in [0.1, 0.15) is 122 Å². The monoisotopic (exact) mass is 839 g/mol. The number of aromatic nitrogens is 1. The van der Waals surface area contributed by atoms with Crippen LogP contribution in [0.25, 0.3) is 27.4 Å². The van der Waals surface area contributed by atoms with E-state index < -0.39 is 19.5 Å². The molecule has 8 atom stereocenters. The van der Waals surface area contributed by atoms with Gasteiger partial charge in [-0.3, -0.25) is 0 Å². The summed E-state index contributed by atoms with van der Waals surface area (Å²) in [4.78, 5) is 0. The van der Waals surface area contributed by atoms with Crippen LogP contribution >= 0.6 is 23.5 Å². The highest BCUT2D eigenvalue weighted by molar-refractivity contribution is 8.22. The Morgan fingerprint density at radius 1 is 1.07 bits per heavy atom. The van der Waals surface area contributed by atoms with Crippen LogP contribution in [0, 0.1) is 28.6 Å². The van der Waals surface area contributed by atoms with E-state index in [0.29, 0.717) is 27.3 Å². The predicted octanol–water partition coefficient (Wildman–Crippen LogP) is 12.7. The maximum absolute atomic E-state index is 12.7. The summed E-state index contributed by atoms with van der Waals surface area (Å²) in [7, 11) is -1.51. The fraction of sp³-hybridized carbons (Fsp3) is 0.625. The largest absolute Gasteiger partial charge is 0.505 e. The number of benzene rings is 1. The van der Waals surface area contributed by atoms with Gasteiger partial charge in [-0.2, -0.15) is 0 Å². The maximum Gasteiger partial charge on any atom is 0.227 e. The summed E-state index contributed by atoms with van der Waals surface area (Å²) in [6.07, 6.45) is 16.7. The number of nitrogens with zero attached hydrogens (tertiary/aromatic N) is 1. The van der Waals surface area contributed by atoms with Gasteiger partial charge in [0.25, 0.3) is 0 Å². The Morgan fingerprint density at radius 2 is 1.79 bits per heavy atom. The predicted molar refractivity (Wildman–Crippen MR) is 246 cm³/mol. The molecule has 4 heterocycles. The van der Waals surface area contributed by atoms with E-state index in [-0.39, 0.29) is 34.4 Å².